The predicted octanol–water partition coefficient (Wildman–Crippen LogP) is 2.08. The zero-order valence-electron chi connectivity index (χ0n) is 20.7. The number of esters is 2. The van der Waals surface area contributed by atoms with Crippen LogP contribution in [0.3, 0.4) is 0 Å². The molecule has 1 saturated heterocycles. The molecule has 2 N–H and O–H groups in total. The third-order valence-electron chi connectivity index (χ3n) is 5.33. The fourth-order valence-electron chi connectivity index (χ4n) is 3.36. The standard InChI is InChI=1S/C25H26N4O9/c1-15(2)13-37-24(33)17-3-7-19(8-4-17)26-21(30)14-38-25(34)18-11-22(31)28(12-18)27-23(32)16-5-9-20(10-6-16)29(35)36/h3-10,15,18H,11-14H2,1-2H3,(H,26,30)(H,27,32)/t18-/m1/s1. The lowest BCUT2D eigenvalue weighted by Gasteiger charge is -2.17. The summed E-state index contributed by atoms with van der Waals surface area (Å²) in [7, 11) is 0. The average molecular weight is 527 g/mol. The first kappa shape index (κ1) is 27.8. The molecule has 0 radical (unpaired) electrons. The van der Waals surface area contributed by atoms with E-state index in [1.54, 1.807) is 0 Å². The van der Waals surface area contributed by atoms with Crippen molar-refractivity contribution in [2.45, 2.75) is 20.3 Å². The van der Waals surface area contributed by atoms with Crippen molar-refractivity contribution in [1.29, 1.82) is 0 Å². The molecule has 1 atom stereocenters. The number of anilines is 1. The van der Waals surface area contributed by atoms with E-state index in [2.05, 4.69) is 10.7 Å². The molecule has 1 fully saturated rings. The van der Waals surface area contributed by atoms with Crippen LogP contribution in [0.15, 0.2) is 48.5 Å². The third-order valence-corrected chi connectivity index (χ3v) is 5.33. The molecule has 0 spiro atoms. The van der Waals surface area contributed by atoms with Gasteiger partial charge in [0, 0.05) is 29.8 Å². The largest absolute Gasteiger partial charge is 0.462 e. The van der Waals surface area contributed by atoms with Gasteiger partial charge in [-0.2, -0.15) is 0 Å². The van der Waals surface area contributed by atoms with Crippen LogP contribution in [0, 0.1) is 22.0 Å². The van der Waals surface area contributed by atoms with E-state index in [0.717, 1.165) is 17.1 Å². The number of nitrogens with one attached hydrogen (secondary N) is 2. The Bertz CT molecular complexity index is 1230. The van der Waals surface area contributed by atoms with E-state index in [9.17, 15) is 34.1 Å². The van der Waals surface area contributed by atoms with Crippen LogP contribution in [0.4, 0.5) is 11.4 Å². The van der Waals surface area contributed by atoms with Gasteiger partial charge in [-0.05, 0) is 42.3 Å². The molecule has 1 heterocycles. The molecule has 2 aromatic rings. The normalized spacial score (nSPS) is 14.7. The molecule has 3 rings (SSSR count). The smallest absolute Gasteiger partial charge is 0.338 e. The Morgan fingerprint density at radius 2 is 1.66 bits per heavy atom. The highest BCUT2D eigenvalue weighted by atomic mass is 16.6. The van der Waals surface area contributed by atoms with Gasteiger partial charge in [0.15, 0.2) is 6.61 Å². The number of ether oxygens (including phenoxy) is 2. The first-order chi connectivity index (χ1) is 18.0. The van der Waals surface area contributed by atoms with Gasteiger partial charge in [-0.3, -0.25) is 39.7 Å². The molecule has 13 heteroatoms. The maximum absolute atomic E-state index is 12.4. The molecule has 1 aliphatic rings. The molecule has 0 aromatic heterocycles. The topological polar surface area (TPSA) is 174 Å². The van der Waals surface area contributed by atoms with Crippen LogP contribution in [-0.2, 0) is 23.9 Å². The minimum Gasteiger partial charge on any atom is -0.462 e. The van der Waals surface area contributed by atoms with Gasteiger partial charge < -0.3 is 14.8 Å². The Hall–Kier alpha value is -4.81. The number of carbonyl (C=O) groups is 5. The third kappa shape index (κ3) is 7.59. The number of benzene rings is 2. The zero-order chi connectivity index (χ0) is 27.8. The summed E-state index contributed by atoms with van der Waals surface area (Å²) in [5.74, 6) is -3.80. The maximum atomic E-state index is 12.4. The molecule has 38 heavy (non-hydrogen) atoms. The molecule has 0 aliphatic carbocycles. The molecule has 1 aliphatic heterocycles. The Morgan fingerprint density at radius 1 is 1.03 bits per heavy atom. The Kier molecular flexibility index (Phi) is 9.09. The first-order valence-corrected chi connectivity index (χ1v) is 11.6. The Morgan fingerprint density at radius 3 is 2.26 bits per heavy atom. The van der Waals surface area contributed by atoms with Crippen molar-refractivity contribution in [3.8, 4) is 0 Å². The van der Waals surface area contributed by atoms with Crippen LogP contribution >= 0.6 is 0 Å². The molecule has 0 bridgehead atoms. The second kappa shape index (κ2) is 12.4. The first-order valence-electron chi connectivity index (χ1n) is 11.6. The lowest BCUT2D eigenvalue weighted by Crippen LogP contribution is -2.43. The van der Waals surface area contributed by atoms with Crippen molar-refractivity contribution in [2.75, 3.05) is 25.1 Å². The summed E-state index contributed by atoms with van der Waals surface area (Å²) in [6.07, 6.45) is -0.227. The monoisotopic (exact) mass is 526 g/mol. The highest BCUT2D eigenvalue weighted by Crippen LogP contribution is 2.19. The molecule has 13 nitrogen and oxygen atoms in total. The fraction of sp³-hybridized carbons (Fsp3) is 0.320. The van der Waals surface area contributed by atoms with E-state index in [0.29, 0.717) is 17.9 Å². The number of non-ortho nitro benzene ring substituents is 1. The summed E-state index contributed by atoms with van der Waals surface area (Å²) < 4.78 is 10.2. The lowest BCUT2D eigenvalue weighted by molar-refractivity contribution is -0.384. The van der Waals surface area contributed by atoms with E-state index in [4.69, 9.17) is 9.47 Å². The Labute approximate surface area is 217 Å². The minimum absolute atomic E-state index is 0.0894. The number of carbonyl (C=O) groups excluding carboxylic acids is 5. The van der Waals surface area contributed by atoms with Crippen LogP contribution in [0.2, 0.25) is 0 Å². The number of hydrazine groups is 1. The van der Waals surface area contributed by atoms with Crippen molar-refractivity contribution in [1.82, 2.24) is 10.4 Å². The van der Waals surface area contributed by atoms with Gasteiger partial charge in [-0.1, -0.05) is 13.8 Å². The van der Waals surface area contributed by atoms with Gasteiger partial charge >= 0.3 is 11.9 Å². The van der Waals surface area contributed by atoms with E-state index in [-0.39, 0.29) is 30.1 Å². The zero-order valence-corrected chi connectivity index (χ0v) is 20.7. The SMILES string of the molecule is CC(C)COC(=O)c1ccc(NC(=O)COC(=O)[C@@H]2CC(=O)N(NC(=O)c3ccc([N+](=O)[O-])cc3)C2)cc1. The van der Waals surface area contributed by atoms with E-state index < -0.39 is 47.1 Å². The summed E-state index contributed by atoms with van der Waals surface area (Å²) in [5.41, 5.74) is 2.96. The van der Waals surface area contributed by atoms with Crippen molar-refractivity contribution in [3.63, 3.8) is 0 Å². The van der Waals surface area contributed by atoms with E-state index >= 15 is 0 Å². The average Bonchev–Trinajstić information content (AvgIpc) is 3.26. The van der Waals surface area contributed by atoms with Crippen molar-refractivity contribution < 1.29 is 38.4 Å². The predicted molar refractivity (Wildman–Crippen MR) is 132 cm³/mol. The van der Waals surface area contributed by atoms with Gasteiger partial charge in [-0.15, -0.1) is 0 Å². The van der Waals surface area contributed by atoms with Gasteiger partial charge in [0.2, 0.25) is 5.91 Å². The maximum Gasteiger partial charge on any atom is 0.338 e. The van der Waals surface area contributed by atoms with Crippen LogP contribution in [-0.4, -0.2) is 59.4 Å². The van der Waals surface area contributed by atoms with Gasteiger partial charge in [0.1, 0.15) is 0 Å². The number of amides is 3. The number of nitrogens with zero attached hydrogens (tertiary/aromatic N) is 2. The van der Waals surface area contributed by atoms with Crippen molar-refractivity contribution in [2.24, 2.45) is 11.8 Å². The molecule has 200 valence electrons. The number of rotatable bonds is 10. The summed E-state index contributed by atoms with van der Waals surface area (Å²) in [4.78, 5) is 71.2. The van der Waals surface area contributed by atoms with Gasteiger partial charge in [0.25, 0.3) is 17.5 Å². The molecular weight excluding hydrogens is 500 g/mol. The molecule has 0 unspecified atom stereocenters. The number of hydrogen-bond donors (Lipinski definition) is 2. The van der Waals surface area contributed by atoms with Crippen LogP contribution in [0.5, 0.6) is 0 Å². The Balaban J connectivity index is 1.44. The molecule has 0 saturated carbocycles. The summed E-state index contributed by atoms with van der Waals surface area (Å²) in [6.45, 7) is 3.37. The van der Waals surface area contributed by atoms with Crippen LogP contribution in [0.1, 0.15) is 41.0 Å². The van der Waals surface area contributed by atoms with Crippen LogP contribution < -0.4 is 10.7 Å². The molecular formula is C25H26N4O9. The second-order valence-corrected chi connectivity index (χ2v) is 8.88. The number of nitro groups is 1. The molecule has 3 amide bonds. The van der Waals surface area contributed by atoms with E-state index in [1.165, 1.54) is 36.4 Å². The highest BCUT2D eigenvalue weighted by molar-refractivity contribution is 5.97. The van der Waals surface area contributed by atoms with Gasteiger partial charge in [0.05, 0.1) is 29.6 Å². The van der Waals surface area contributed by atoms with Crippen molar-refractivity contribution >= 4 is 41.0 Å². The van der Waals surface area contributed by atoms with Crippen LogP contribution in [0.25, 0.3) is 0 Å². The minimum atomic E-state index is -0.899. The van der Waals surface area contributed by atoms with Gasteiger partial charge in [-0.25, -0.2) is 4.79 Å². The lowest BCUT2D eigenvalue weighted by atomic mass is 10.1. The van der Waals surface area contributed by atoms with Crippen molar-refractivity contribution in [3.05, 3.63) is 69.8 Å². The summed E-state index contributed by atoms with van der Waals surface area (Å²) in [6, 6.07) is 10.8. The summed E-state index contributed by atoms with van der Waals surface area (Å²) >= 11 is 0. The van der Waals surface area contributed by atoms with E-state index in [1.807, 2.05) is 13.8 Å². The summed E-state index contributed by atoms with van der Waals surface area (Å²) in [5, 5.41) is 14.2. The number of nitro benzene ring substituents is 1. The highest BCUT2D eigenvalue weighted by Gasteiger charge is 2.36. The fourth-order valence-corrected chi connectivity index (χ4v) is 3.36. The number of hydrogen-bond acceptors (Lipinski definition) is 9. The second-order valence-electron chi connectivity index (χ2n) is 8.88. The quantitative estimate of drug-likeness (QED) is 0.267. The molecule has 2 aromatic carbocycles.